The molecule has 0 aromatic carbocycles. The lowest BCUT2D eigenvalue weighted by Gasteiger charge is -2.32. The summed E-state index contributed by atoms with van der Waals surface area (Å²) in [6.07, 6.45) is 3.80. The fourth-order valence-electron chi connectivity index (χ4n) is 2.37. The van der Waals surface area contributed by atoms with Gasteiger partial charge in [-0.25, -0.2) is 9.78 Å². The maximum Gasteiger partial charge on any atom is 0.339 e. The number of carboxylic acid groups (broad SMARTS) is 1. The van der Waals surface area contributed by atoms with Gasteiger partial charge in [0.05, 0.1) is 0 Å². The molecule has 2 N–H and O–H groups in total. The number of likely N-dealkylation sites (N-methyl/N-ethyl adjacent to an activating group) is 1. The maximum atomic E-state index is 11.2. The van der Waals surface area contributed by atoms with Crippen LogP contribution in [0.4, 0.5) is 5.82 Å². The molecule has 0 spiro atoms. The Hall–Kier alpha value is -1.14. The highest BCUT2D eigenvalue weighted by Crippen LogP contribution is 2.21. The molecule has 0 amide bonds. The van der Waals surface area contributed by atoms with Crippen LogP contribution in [0.3, 0.4) is 0 Å². The number of pyridine rings is 1. The summed E-state index contributed by atoms with van der Waals surface area (Å²) in [5.74, 6) is -0.502. The molecule has 1 fully saturated rings. The first kappa shape index (κ1) is 14.3. The molecule has 0 bridgehead atoms. The first-order chi connectivity index (χ1) is 9.10. The number of anilines is 1. The molecule has 6 heteroatoms. The van der Waals surface area contributed by atoms with E-state index in [1.165, 1.54) is 0 Å². The quantitative estimate of drug-likeness (QED) is 0.889. The van der Waals surface area contributed by atoms with Gasteiger partial charge in [0.1, 0.15) is 11.4 Å². The average Bonchev–Trinajstić information content (AvgIpc) is 2.41. The number of rotatable bonds is 4. The molecule has 1 aliphatic rings. The second kappa shape index (κ2) is 6.34. The monoisotopic (exact) mass is 327 g/mol. The van der Waals surface area contributed by atoms with Crippen LogP contribution in [0.25, 0.3) is 0 Å². The number of carboxylic acids is 1. The second-order valence-corrected chi connectivity index (χ2v) is 5.65. The highest BCUT2D eigenvalue weighted by molar-refractivity contribution is 9.10. The fourth-order valence-corrected chi connectivity index (χ4v) is 2.70. The number of nitrogens with one attached hydrogen (secondary N) is 1. The Morgan fingerprint density at radius 2 is 2.47 bits per heavy atom. The van der Waals surface area contributed by atoms with Crippen molar-refractivity contribution in [2.24, 2.45) is 0 Å². The Balaban J connectivity index is 2.12. The fraction of sp³-hybridized carbons (Fsp3) is 0.538. The topological polar surface area (TPSA) is 65.5 Å². The number of piperidine rings is 1. The van der Waals surface area contributed by atoms with Gasteiger partial charge in [0.2, 0.25) is 0 Å². The minimum absolute atomic E-state index is 0.211. The van der Waals surface area contributed by atoms with E-state index in [0.29, 0.717) is 10.3 Å². The van der Waals surface area contributed by atoms with Crippen molar-refractivity contribution in [2.75, 3.05) is 25.0 Å². The molecule has 1 aliphatic heterocycles. The van der Waals surface area contributed by atoms with Crippen LogP contribution in [0.15, 0.2) is 16.7 Å². The van der Waals surface area contributed by atoms with E-state index in [0.717, 1.165) is 32.5 Å². The van der Waals surface area contributed by atoms with Gasteiger partial charge in [-0.1, -0.05) is 6.92 Å². The molecule has 19 heavy (non-hydrogen) atoms. The third-order valence-corrected chi connectivity index (χ3v) is 3.81. The Labute approximate surface area is 121 Å². The van der Waals surface area contributed by atoms with Crippen molar-refractivity contribution in [3.63, 3.8) is 0 Å². The number of aromatic carboxylic acids is 1. The van der Waals surface area contributed by atoms with Crippen molar-refractivity contribution < 1.29 is 9.90 Å². The number of carbonyl (C=O) groups is 1. The molecule has 1 aromatic heterocycles. The normalized spacial score (nSPS) is 20.2. The molecular formula is C13H18BrN3O2. The Bertz CT molecular complexity index is 467. The molecule has 0 saturated carbocycles. The number of halogens is 1. The summed E-state index contributed by atoms with van der Waals surface area (Å²) in [6, 6.07) is 1.85. The van der Waals surface area contributed by atoms with Crippen molar-refractivity contribution in [2.45, 2.75) is 25.8 Å². The van der Waals surface area contributed by atoms with Crippen LogP contribution in [0.5, 0.6) is 0 Å². The van der Waals surface area contributed by atoms with E-state index in [2.05, 4.69) is 38.1 Å². The summed E-state index contributed by atoms with van der Waals surface area (Å²) in [7, 11) is 0. The minimum Gasteiger partial charge on any atom is -0.478 e. The molecule has 1 unspecified atom stereocenters. The first-order valence-corrected chi connectivity index (χ1v) is 7.27. The molecule has 0 aliphatic carbocycles. The largest absolute Gasteiger partial charge is 0.478 e. The summed E-state index contributed by atoms with van der Waals surface area (Å²) in [6.45, 7) is 5.22. The molecule has 104 valence electrons. The highest BCUT2D eigenvalue weighted by Gasteiger charge is 2.21. The molecule has 5 nitrogen and oxygen atoms in total. The Morgan fingerprint density at radius 1 is 1.68 bits per heavy atom. The number of likely N-dealkylation sites (tertiary alicyclic amines) is 1. The predicted octanol–water partition coefficient (Wildman–Crippen LogP) is 2.44. The van der Waals surface area contributed by atoms with Gasteiger partial charge in [0, 0.05) is 23.3 Å². The Morgan fingerprint density at radius 3 is 3.16 bits per heavy atom. The molecular weight excluding hydrogens is 310 g/mol. The van der Waals surface area contributed by atoms with Crippen molar-refractivity contribution >= 4 is 27.7 Å². The van der Waals surface area contributed by atoms with Gasteiger partial charge in [-0.3, -0.25) is 0 Å². The minimum atomic E-state index is -0.959. The van der Waals surface area contributed by atoms with Crippen LogP contribution in [-0.2, 0) is 0 Å². The summed E-state index contributed by atoms with van der Waals surface area (Å²) >= 11 is 3.25. The SMILES string of the molecule is CCN1CCCC(Nc2ncc(Br)cc2C(=O)O)C1. The van der Waals surface area contributed by atoms with Gasteiger partial charge in [-0.2, -0.15) is 0 Å². The summed E-state index contributed by atoms with van der Waals surface area (Å²) in [4.78, 5) is 17.8. The third kappa shape index (κ3) is 3.67. The smallest absolute Gasteiger partial charge is 0.339 e. The van der Waals surface area contributed by atoms with E-state index in [1.54, 1.807) is 12.3 Å². The van der Waals surface area contributed by atoms with Crippen molar-refractivity contribution in [1.82, 2.24) is 9.88 Å². The first-order valence-electron chi connectivity index (χ1n) is 6.48. The van der Waals surface area contributed by atoms with Crippen LogP contribution < -0.4 is 5.32 Å². The standard InChI is InChI=1S/C13H18BrN3O2/c1-2-17-5-3-4-10(8-17)16-12-11(13(18)19)6-9(14)7-15-12/h6-7,10H,2-5,8H2,1H3,(H,15,16)(H,18,19). The predicted molar refractivity (Wildman–Crippen MR) is 77.7 cm³/mol. The summed E-state index contributed by atoms with van der Waals surface area (Å²) in [5, 5.41) is 12.5. The lowest BCUT2D eigenvalue weighted by Crippen LogP contribution is -2.42. The van der Waals surface area contributed by atoms with E-state index in [-0.39, 0.29) is 11.6 Å². The van der Waals surface area contributed by atoms with E-state index in [4.69, 9.17) is 0 Å². The number of nitrogens with zero attached hydrogens (tertiary/aromatic N) is 2. The zero-order valence-corrected chi connectivity index (χ0v) is 12.5. The van der Waals surface area contributed by atoms with E-state index in [1.807, 2.05) is 0 Å². The van der Waals surface area contributed by atoms with E-state index in [9.17, 15) is 9.90 Å². The average molecular weight is 328 g/mol. The van der Waals surface area contributed by atoms with E-state index >= 15 is 0 Å². The maximum absolute atomic E-state index is 11.2. The molecule has 2 heterocycles. The van der Waals surface area contributed by atoms with Gasteiger partial charge < -0.3 is 15.3 Å². The van der Waals surface area contributed by atoms with Gasteiger partial charge in [0.15, 0.2) is 0 Å². The van der Waals surface area contributed by atoms with Crippen molar-refractivity contribution in [1.29, 1.82) is 0 Å². The lowest BCUT2D eigenvalue weighted by atomic mass is 10.1. The summed E-state index contributed by atoms with van der Waals surface area (Å²) < 4.78 is 0.675. The Kier molecular flexibility index (Phi) is 4.76. The highest BCUT2D eigenvalue weighted by atomic mass is 79.9. The van der Waals surface area contributed by atoms with Crippen molar-refractivity contribution in [3.8, 4) is 0 Å². The molecule has 1 aromatic rings. The van der Waals surface area contributed by atoms with Gasteiger partial charge >= 0.3 is 5.97 Å². The van der Waals surface area contributed by atoms with Gasteiger partial charge in [-0.05, 0) is 47.9 Å². The van der Waals surface area contributed by atoms with Crippen LogP contribution in [0, 0.1) is 0 Å². The number of hydrogen-bond donors (Lipinski definition) is 2. The zero-order chi connectivity index (χ0) is 13.8. The second-order valence-electron chi connectivity index (χ2n) is 4.73. The van der Waals surface area contributed by atoms with Crippen molar-refractivity contribution in [3.05, 3.63) is 22.3 Å². The summed E-state index contributed by atoms with van der Waals surface area (Å²) in [5.41, 5.74) is 0.211. The van der Waals surface area contributed by atoms with Crippen LogP contribution in [-0.4, -0.2) is 46.6 Å². The lowest BCUT2D eigenvalue weighted by molar-refractivity contribution is 0.0697. The van der Waals surface area contributed by atoms with Crippen LogP contribution in [0.2, 0.25) is 0 Å². The van der Waals surface area contributed by atoms with E-state index < -0.39 is 5.97 Å². The number of aromatic nitrogens is 1. The number of hydrogen-bond acceptors (Lipinski definition) is 4. The third-order valence-electron chi connectivity index (χ3n) is 3.38. The van der Waals surface area contributed by atoms with Gasteiger partial charge in [-0.15, -0.1) is 0 Å². The molecule has 1 atom stereocenters. The van der Waals surface area contributed by atoms with Gasteiger partial charge in [0.25, 0.3) is 0 Å². The van der Waals surface area contributed by atoms with Crippen LogP contribution in [0.1, 0.15) is 30.1 Å². The molecule has 1 saturated heterocycles. The molecule has 2 rings (SSSR count). The zero-order valence-electron chi connectivity index (χ0n) is 10.9. The van der Waals surface area contributed by atoms with Crippen LogP contribution >= 0.6 is 15.9 Å². The molecule has 0 radical (unpaired) electrons.